The van der Waals surface area contributed by atoms with Gasteiger partial charge in [-0.15, -0.1) is 0 Å². The van der Waals surface area contributed by atoms with Crippen LogP contribution >= 0.6 is 0 Å². The minimum absolute atomic E-state index is 0.00470. The van der Waals surface area contributed by atoms with Gasteiger partial charge in [0.15, 0.2) is 0 Å². The van der Waals surface area contributed by atoms with Gasteiger partial charge in [0.05, 0.1) is 41.4 Å². The summed E-state index contributed by atoms with van der Waals surface area (Å²) in [5.74, 6) is 1.76. The van der Waals surface area contributed by atoms with E-state index >= 15 is 0 Å². The molecule has 8 rings (SSSR count). The summed E-state index contributed by atoms with van der Waals surface area (Å²) in [7, 11) is 0. The molecule has 1 aliphatic rings. The summed E-state index contributed by atoms with van der Waals surface area (Å²) >= 11 is 0. The van der Waals surface area contributed by atoms with Crippen LogP contribution in [0, 0.1) is 0 Å². The van der Waals surface area contributed by atoms with Crippen LogP contribution in [0.1, 0.15) is 36.9 Å². The molecule has 1 atom stereocenters. The van der Waals surface area contributed by atoms with E-state index in [1.54, 1.807) is 4.52 Å². The molecule has 0 bridgehead atoms. The largest absolute Gasteiger partial charge is 0.392 e. The van der Waals surface area contributed by atoms with Gasteiger partial charge in [-0.1, -0.05) is 48.5 Å². The van der Waals surface area contributed by atoms with Gasteiger partial charge in [0.25, 0.3) is 0 Å². The number of benzene rings is 1. The molecule has 1 fully saturated rings. The maximum atomic E-state index is 9.39. The smallest absolute Gasteiger partial charge is 0.127 e. The van der Waals surface area contributed by atoms with Gasteiger partial charge in [0.1, 0.15) is 11.6 Å². The lowest BCUT2D eigenvalue weighted by atomic mass is 10.1. The first-order valence-corrected chi connectivity index (χ1v) is 16.4. The molecule has 6 aromatic heterocycles. The first-order valence-electron chi connectivity index (χ1n) is 16.4. The average Bonchev–Trinajstić information content (AvgIpc) is 3.77. The molecule has 0 spiro atoms. The summed E-state index contributed by atoms with van der Waals surface area (Å²) in [5.41, 5.74) is 7.88. The molecule has 1 saturated heterocycles. The zero-order valence-electron chi connectivity index (χ0n) is 26.9. The van der Waals surface area contributed by atoms with Crippen molar-refractivity contribution in [3.05, 3.63) is 133 Å². The second-order valence-electron chi connectivity index (χ2n) is 11.9. The van der Waals surface area contributed by atoms with Crippen LogP contribution in [0.5, 0.6) is 0 Å². The first-order chi connectivity index (χ1) is 23.6. The Morgan fingerprint density at radius 3 is 2.17 bits per heavy atom. The molecule has 0 amide bonds. The fraction of sp³-hybridized carbons (Fsp3) is 0.211. The maximum absolute atomic E-state index is 9.39. The predicted octanol–water partition coefficient (Wildman–Crippen LogP) is 6.62. The van der Waals surface area contributed by atoms with Crippen molar-refractivity contribution < 1.29 is 5.11 Å². The molecule has 0 unspecified atom stereocenters. The molecule has 0 aliphatic carbocycles. The lowest BCUT2D eigenvalue weighted by molar-refractivity contribution is 0.282. The number of pyridine rings is 4. The number of nitrogens with zero attached hydrogens (tertiary/aromatic N) is 6. The van der Waals surface area contributed by atoms with Crippen LogP contribution in [0.4, 0.5) is 11.6 Å². The van der Waals surface area contributed by atoms with Gasteiger partial charge in [-0.25, -0.2) is 19.0 Å². The molecular formula is C38H39N9O. The lowest BCUT2D eigenvalue weighted by Crippen LogP contribution is -2.35. The van der Waals surface area contributed by atoms with Gasteiger partial charge >= 0.3 is 0 Å². The van der Waals surface area contributed by atoms with Gasteiger partial charge < -0.3 is 21.1 Å². The number of aliphatic hydroxyl groups excluding tert-OH is 1. The second kappa shape index (κ2) is 14.5. The van der Waals surface area contributed by atoms with Crippen LogP contribution in [0.15, 0.2) is 122 Å². The molecule has 10 heteroatoms. The quantitative estimate of drug-likeness (QED) is 0.147. The van der Waals surface area contributed by atoms with Crippen molar-refractivity contribution in [2.45, 2.75) is 38.5 Å². The number of piperidine rings is 1. The molecule has 1 aliphatic heterocycles. The standard InChI is InChI=1S/C21H20N4O.C17H19N5/c1-15(17-6-3-2-4-7-17)23-21-9-5-8-19(24-21)18-13-22-25-11-10-16(14-26)12-20(18)25;1-2-11-22-16(5-1)14(12-19-22)15-4-3-6-17(21-15)20-13-7-9-18-10-8-13/h2-13,15,26H,14H2,1H3,(H,23,24);1-6,11-13,18H,7-10H2,(H,20,21)/t15-;/m0./s1. The molecule has 0 radical (unpaired) electrons. The zero-order chi connectivity index (χ0) is 32.7. The fourth-order valence-corrected chi connectivity index (χ4v) is 6.00. The lowest BCUT2D eigenvalue weighted by Gasteiger charge is -2.24. The summed E-state index contributed by atoms with van der Waals surface area (Å²) < 4.78 is 3.67. The van der Waals surface area contributed by atoms with Crippen LogP contribution in [0.25, 0.3) is 33.5 Å². The Bertz CT molecular complexity index is 2100. The van der Waals surface area contributed by atoms with E-state index in [2.05, 4.69) is 57.3 Å². The summed E-state index contributed by atoms with van der Waals surface area (Å²) in [5, 5.41) is 28.6. The van der Waals surface area contributed by atoms with Crippen molar-refractivity contribution in [2.24, 2.45) is 0 Å². The van der Waals surface area contributed by atoms with E-state index in [1.807, 2.05) is 102 Å². The topological polar surface area (TPSA) is 117 Å². The Labute approximate surface area is 279 Å². The molecule has 48 heavy (non-hydrogen) atoms. The zero-order valence-corrected chi connectivity index (χ0v) is 26.9. The highest BCUT2D eigenvalue weighted by Gasteiger charge is 2.15. The molecular weight excluding hydrogens is 598 g/mol. The number of hydrogen-bond acceptors (Lipinski definition) is 8. The second-order valence-corrected chi connectivity index (χ2v) is 11.9. The first kappa shape index (κ1) is 31.0. The van der Waals surface area contributed by atoms with Crippen molar-refractivity contribution in [1.82, 2.24) is 34.5 Å². The number of nitrogens with one attached hydrogen (secondary N) is 3. The van der Waals surface area contributed by atoms with E-state index in [4.69, 9.17) is 9.97 Å². The normalized spacial score (nSPS) is 14.0. The fourth-order valence-electron chi connectivity index (χ4n) is 6.00. The molecule has 7 heterocycles. The Morgan fingerprint density at radius 1 is 0.750 bits per heavy atom. The SMILES string of the molecule is C[C@H](Nc1cccc(-c2cnn3ccc(CO)cc23)n1)c1ccccc1.c1cc(NC2CCNCC2)nc(-c2cnn3ccccc23)c1. The molecule has 4 N–H and O–H groups in total. The van der Waals surface area contributed by atoms with Crippen LogP contribution in [-0.2, 0) is 6.61 Å². The molecule has 0 saturated carbocycles. The minimum Gasteiger partial charge on any atom is -0.392 e. The van der Waals surface area contributed by atoms with E-state index in [0.29, 0.717) is 6.04 Å². The average molecular weight is 638 g/mol. The van der Waals surface area contributed by atoms with Crippen molar-refractivity contribution >= 4 is 22.7 Å². The Hall–Kier alpha value is -5.58. The van der Waals surface area contributed by atoms with Gasteiger partial charge in [-0.05, 0) is 92.5 Å². The number of hydrogen-bond donors (Lipinski definition) is 4. The van der Waals surface area contributed by atoms with Crippen LogP contribution in [0.2, 0.25) is 0 Å². The van der Waals surface area contributed by atoms with Crippen molar-refractivity contribution in [2.75, 3.05) is 23.7 Å². The van der Waals surface area contributed by atoms with Crippen molar-refractivity contribution in [3.63, 3.8) is 0 Å². The highest BCUT2D eigenvalue weighted by atomic mass is 16.3. The van der Waals surface area contributed by atoms with E-state index in [9.17, 15) is 5.11 Å². The number of anilines is 2. The molecule has 7 aromatic rings. The third-order valence-corrected chi connectivity index (χ3v) is 8.60. The third-order valence-electron chi connectivity index (χ3n) is 8.60. The molecule has 1 aromatic carbocycles. The Morgan fingerprint density at radius 2 is 1.42 bits per heavy atom. The van der Waals surface area contributed by atoms with Gasteiger partial charge in [0, 0.05) is 35.6 Å². The number of aliphatic hydroxyl groups is 1. The van der Waals surface area contributed by atoms with E-state index < -0.39 is 0 Å². The van der Waals surface area contributed by atoms with Gasteiger partial charge in [-0.3, -0.25) is 0 Å². The highest BCUT2D eigenvalue weighted by molar-refractivity contribution is 5.79. The number of fused-ring (bicyclic) bond motifs is 2. The minimum atomic E-state index is 0.00470. The summed E-state index contributed by atoms with van der Waals surface area (Å²) in [6.07, 6.45) is 9.78. The maximum Gasteiger partial charge on any atom is 0.127 e. The van der Waals surface area contributed by atoms with E-state index in [0.717, 1.165) is 76.7 Å². The summed E-state index contributed by atoms with van der Waals surface area (Å²) in [6.45, 7) is 4.27. The summed E-state index contributed by atoms with van der Waals surface area (Å²) in [6, 6.07) is 32.9. The number of aromatic nitrogens is 6. The number of rotatable bonds is 8. The summed E-state index contributed by atoms with van der Waals surface area (Å²) in [4.78, 5) is 9.53. The molecule has 10 nitrogen and oxygen atoms in total. The van der Waals surface area contributed by atoms with Crippen LogP contribution < -0.4 is 16.0 Å². The predicted molar refractivity (Wildman–Crippen MR) is 191 cm³/mol. The Kier molecular flexibility index (Phi) is 9.35. The Balaban J connectivity index is 0.000000154. The van der Waals surface area contributed by atoms with E-state index in [1.165, 1.54) is 5.56 Å². The van der Waals surface area contributed by atoms with Crippen LogP contribution in [-0.4, -0.2) is 53.4 Å². The van der Waals surface area contributed by atoms with Crippen molar-refractivity contribution in [3.8, 4) is 22.5 Å². The molecule has 242 valence electrons. The third kappa shape index (κ3) is 7.05. The van der Waals surface area contributed by atoms with E-state index in [-0.39, 0.29) is 12.6 Å². The van der Waals surface area contributed by atoms with Crippen molar-refractivity contribution in [1.29, 1.82) is 0 Å². The van der Waals surface area contributed by atoms with Crippen LogP contribution in [0.3, 0.4) is 0 Å². The highest BCUT2D eigenvalue weighted by Crippen LogP contribution is 2.27. The van der Waals surface area contributed by atoms with Gasteiger partial charge in [-0.2, -0.15) is 10.2 Å². The van der Waals surface area contributed by atoms with Gasteiger partial charge in [0.2, 0.25) is 0 Å². The monoisotopic (exact) mass is 637 g/mol.